The molecule has 9 nitrogen and oxygen atoms in total. The van der Waals surface area contributed by atoms with E-state index in [0.29, 0.717) is 24.1 Å². The average Bonchev–Trinajstić information content (AvgIpc) is 2.87. The van der Waals surface area contributed by atoms with Gasteiger partial charge in [0.2, 0.25) is 0 Å². The number of rotatable bonds is 4. The number of phenolic OH excluding ortho intramolecular Hbond substituents is 1. The molecular formula is C30H44N2O7. The lowest BCUT2D eigenvalue weighted by molar-refractivity contribution is -0.112. The van der Waals surface area contributed by atoms with Crippen molar-refractivity contribution in [3.05, 3.63) is 58.7 Å². The first-order valence-corrected chi connectivity index (χ1v) is 13.1. The third kappa shape index (κ3) is 8.95. The second kappa shape index (κ2) is 14.9. The van der Waals surface area contributed by atoms with E-state index < -0.39 is 18.3 Å². The van der Waals surface area contributed by atoms with Gasteiger partial charge in [0.1, 0.15) is 11.9 Å². The summed E-state index contributed by atoms with van der Waals surface area (Å²) in [6, 6.07) is 3.68. The molecule has 1 heterocycles. The average molecular weight is 545 g/mol. The Bertz CT molecular complexity index is 1100. The van der Waals surface area contributed by atoms with Crippen LogP contribution in [0.2, 0.25) is 0 Å². The predicted molar refractivity (Wildman–Crippen MR) is 152 cm³/mol. The first-order valence-electron chi connectivity index (χ1n) is 13.1. The number of aromatic hydroxyl groups is 1. The molecule has 6 atom stereocenters. The Hall–Kier alpha value is -3.14. The van der Waals surface area contributed by atoms with Gasteiger partial charge in [-0.2, -0.15) is 0 Å². The van der Waals surface area contributed by atoms with E-state index >= 15 is 0 Å². The largest absolute Gasteiger partial charge is 0.505 e. The minimum Gasteiger partial charge on any atom is -0.505 e. The molecule has 1 aromatic rings. The van der Waals surface area contributed by atoms with Gasteiger partial charge in [0.25, 0.3) is 5.91 Å². The first kappa shape index (κ1) is 32.1. The molecular weight excluding hydrogens is 500 g/mol. The van der Waals surface area contributed by atoms with Crippen molar-refractivity contribution in [1.82, 2.24) is 0 Å². The van der Waals surface area contributed by atoms with Crippen molar-refractivity contribution >= 4 is 17.7 Å². The van der Waals surface area contributed by atoms with E-state index in [1.807, 2.05) is 32.9 Å². The zero-order chi connectivity index (χ0) is 29.3. The number of primary amides is 1. The summed E-state index contributed by atoms with van der Waals surface area (Å²) in [5, 5.41) is 13.8. The number of methoxy groups -OCH3 is 3. The van der Waals surface area contributed by atoms with Crippen LogP contribution in [0.25, 0.3) is 0 Å². The Balaban J connectivity index is 2.62. The van der Waals surface area contributed by atoms with Crippen LogP contribution in [0.5, 0.6) is 5.75 Å². The third-order valence-electron chi connectivity index (χ3n) is 7.04. The number of aryl methyl sites for hydroxylation is 1. The van der Waals surface area contributed by atoms with Crippen LogP contribution >= 0.6 is 0 Å². The number of fused-ring (bicyclic) bond motifs is 2. The smallest absolute Gasteiger partial charge is 0.405 e. The fourth-order valence-corrected chi connectivity index (χ4v) is 5.09. The van der Waals surface area contributed by atoms with Gasteiger partial charge in [-0.25, -0.2) is 4.79 Å². The van der Waals surface area contributed by atoms with Gasteiger partial charge in [0.15, 0.2) is 6.10 Å². The number of allylic oxidation sites excluding steroid dienone is 2. The van der Waals surface area contributed by atoms with Crippen molar-refractivity contribution in [2.75, 3.05) is 26.6 Å². The van der Waals surface area contributed by atoms with Crippen LogP contribution in [0.1, 0.15) is 45.2 Å². The van der Waals surface area contributed by atoms with E-state index in [-0.39, 0.29) is 35.7 Å². The Morgan fingerprint density at radius 3 is 2.36 bits per heavy atom. The number of anilines is 1. The molecule has 0 fully saturated rings. The van der Waals surface area contributed by atoms with E-state index in [2.05, 4.69) is 12.2 Å². The molecule has 2 amide bonds. The van der Waals surface area contributed by atoms with Crippen molar-refractivity contribution in [2.24, 2.45) is 17.6 Å². The van der Waals surface area contributed by atoms with Crippen LogP contribution in [-0.4, -0.2) is 62.9 Å². The van der Waals surface area contributed by atoms with Crippen molar-refractivity contribution < 1.29 is 33.6 Å². The minimum absolute atomic E-state index is 0.0529. The highest BCUT2D eigenvalue weighted by Crippen LogP contribution is 2.33. The zero-order valence-corrected chi connectivity index (χ0v) is 24.3. The van der Waals surface area contributed by atoms with Crippen LogP contribution in [0.3, 0.4) is 0 Å². The van der Waals surface area contributed by atoms with Crippen LogP contribution < -0.4 is 11.1 Å². The summed E-state index contributed by atoms with van der Waals surface area (Å²) in [4.78, 5) is 24.7. The molecule has 39 heavy (non-hydrogen) atoms. The number of nitrogens with one attached hydrogen (secondary N) is 1. The maximum atomic E-state index is 12.9. The van der Waals surface area contributed by atoms with Crippen LogP contribution in [-0.2, 0) is 30.2 Å². The van der Waals surface area contributed by atoms with E-state index in [0.717, 1.165) is 16.7 Å². The molecule has 0 radical (unpaired) electrons. The highest BCUT2D eigenvalue weighted by atomic mass is 16.6. The maximum absolute atomic E-state index is 12.9. The lowest BCUT2D eigenvalue weighted by Gasteiger charge is -2.31. The van der Waals surface area contributed by atoms with Gasteiger partial charge in [0.05, 0.1) is 17.9 Å². The number of ether oxygens (including phenoxy) is 4. The molecule has 0 saturated heterocycles. The summed E-state index contributed by atoms with van der Waals surface area (Å²) in [6.45, 7) is 9.54. The maximum Gasteiger partial charge on any atom is 0.405 e. The highest BCUT2D eigenvalue weighted by molar-refractivity contribution is 6.04. The van der Waals surface area contributed by atoms with Gasteiger partial charge in [-0.3, -0.25) is 4.79 Å². The van der Waals surface area contributed by atoms with Gasteiger partial charge in [-0.15, -0.1) is 0 Å². The summed E-state index contributed by atoms with van der Waals surface area (Å²) in [5.41, 5.74) is 8.56. The third-order valence-corrected chi connectivity index (χ3v) is 7.04. The lowest BCUT2D eigenvalue weighted by Crippen LogP contribution is -2.38. The van der Waals surface area contributed by atoms with Crippen molar-refractivity contribution in [1.29, 1.82) is 0 Å². The number of carbonyl (C=O) groups excluding carboxylic acids is 2. The predicted octanol–water partition coefficient (Wildman–Crippen LogP) is 4.82. The van der Waals surface area contributed by atoms with Gasteiger partial charge in [0, 0.05) is 32.8 Å². The normalized spacial score (nSPS) is 30.8. The molecule has 2 bridgehead atoms. The molecule has 0 saturated carbocycles. The Labute approximate surface area is 232 Å². The molecule has 0 unspecified atom stereocenters. The highest BCUT2D eigenvalue weighted by Gasteiger charge is 2.30. The first-order chi connectivity index (χ1) is 18.4. The molecule has 216 valence electrons. The topological polar surface area (TPSA) is 129 Å². The number of phenols is 1. The molecule has 1 aliphatic rings. The Kier molecular flexibility index (Phi) is 12.2. The second-order valence-corrected chi connectivity index (χ2v) is 10.4. The zero-order valence-electron chi connectivity index (χ0n) is 24.3. The fourth-order valence-electron chi connectivity index (χ4n) is 5.09. The molecule has 1 aromatic carbocycles. The Morgan fingerprint density at radius 2 is 1.77 bits per heavy atom. The molecule has 0 aliphatic carbocycles. The van der Waals surface area contributed by atoms with Crippen molar-refractivity contribution in [3.8, 4) is 5.75 Å². The molecule has 0 aromatic heterocycles. The number of hydrogen-bond donors (Lipinski definition) is 3. The number of carbonyl (C=O) groups is 2. The van der Waals surface area contributed by atoms with Gasteiger partial charge < -0.3 is 35.1 Å². The van der Waals surface area contributed by atoms with E-state index in [1.165, 1.54) is 7.11 Å². The number of nitrogens with two attached hydrogens (primary N) is 1. The van der Waals surface area contributed by atoms with Gasteiger partial charge >= 0.3 is 6.09 Å². The number of amides is 2. The van der Waals surface area contributed by atoms with E-state index in [1.54, 1.807) is 45.4 Å². The monoisotopic (exact) mass is 544 g/mol. The molecule has 9 heteroatoms. The van der Waals surface area contributed by atoms with Crippen LogP contribution in [0.4, 0.5) is 10.5 Å². The van der Waals surface area contributed by atoms with Crippen molar-refractivity contribution in [3.63, 3.8) is 0 Å². The molecule has 0 spiro atoms. The summed E-state index contributed by atoms with van der Waals surface area (Å²) in [6.07, 6.45) is 5.24. The second-order valence-electron chi connectivity index (χ2n) is 10.4. The standard InChI is InChI=1S/C30H44N2O7/c1-17-12-22-13-18(2)15-25(37-7)27(38-8)20(4)16-21(5)28(39-30(31)35)24(36-6)11-9-10-19(3)29(34)32-23(14-17)26(22)33/h9-12,14,16,18,20,24-25,27-28,33H,13,15H2,1-8H3,(H2,31,35)(H,32,34)/b11-9-,19-10+,21-16+/t18-,20+,24+,25+,27-,28+/m1/s1. The van der Waals surface area contributed by atoms with Crippen LogP contribution in [0.15, 0.2) is 47.6 Å². The number of benzene rings is 1. The van der Waals surface area contributed by atoms with Gasteiger partial charge in [-0.1, -0.05) is 44.2 Å². The minimum atomic E-state index is -0.927. The van der Waals surface area contributed by atoms with E-state index in [9.17, 15) is 14.7 Å². The number of hydrogen-bond acceptors (Lipinski definition) is 7. The summed E-state index contributed by atoms with van der Waals surface area (Å²) < 4.78 is 22.8. The summed E-state index contributed by atoms with van der Waals surface area (Å²) in [5.74, 6) is -0.295. The van der Waals surface area contributed by atoms with Crippen LogP contribution in [0, 0.1) is 18.8 Å². The fraction of sp³-hybridized carbons (Fsp3) is 0.533. The Morgan fingerprint density at radius 1 is 1.08 bits per heavy atom. The SMILES string of the molecule is CO[C@H]1[C@@H](OC)C[C@H](C)Cc2cc(C)cc(c2O)NC(=O)/C(C)=C/C=C\[C@H](OC)[C@@H](OC(N)=O)/C(C)=C/[C@@H]1C. The summed E-state index contributed by atoms with van der Waals surface area (Å²) >= 11 is 0. The lowest BCUT2D eigenvalue weighted by atomic mass is 9.87. The van der Waals surface area contributed by atoms with Gasteiger partial charge in [-0.05, 0) is 62.3 Å². The quantitative estimate of drug-likeness (QED) is 0.366. The van der Waals surface area contributed by atoms with Crippen molar-refractivity contribution in [2.45, 2.75) is 71.9 Å². The molecule has 1 aliphatic heterocycles. The molecule has 2 rings (SSSR count). The van der Waals surface area contributed by atoms with E-state index in [4.69, 9.17) is 24.7 Å². The molecule has 4 N–H and O–H groups in total. The summed E-state index contributed by atoms with van der Waals surface area (Å²) in [7, 11) is 4.80.